The molecule has 0 heterocycles. The third kappa shape index (κ3) is 3.58. The minimum atomic E-state index is -3.45. The molecule has 20 heavy (non-hydrogen) atoms. The van der Waals surface area contributed by atoms with Gasteiger partial charge in [0.1, 0.15) is 0 Å². The Labute approximate surface area is 120 Å². The van der Waals surface area contributed by atoms with Crippen molar-refractivity contribution >= 4 is 10.0 Å². The van der Waals surface area contributed by atoms with Gasteiger partial charge in [-0.15, -0.1) is 0 Å². The number of nitrogens with zero attached hydrogens (tertiary/aromatic N) is 1. The molecule has 0 bridgehead atoms. The van der Waals surface area contributed by atoms with E-state index >= 15 is 0 Å². The van der Waals surface area contributed by atoms with Gasteiger partial charge in [-0.25, -0.2) is 8.42 Å². The van der Waals surface area contributed by atoms with E-state index < -0.39 is 10.0 Å². The van der Waals surface area contributed by atoms with Crippen molar-refractivity contribution in [3.8, 4) is 0 Å². The molecule has 112 valence electrons. The maximum Gasteiger partial charge on any atom is 0.243 e. The number of benzene rings is 1. The van der Waals surface area contributed by atoms with Gasteiger partial charge in [0.15, 0.2) is 0 Å². The van der Waals surface area contributed by atoms with E-state index in [1.165, 1.54) is 4.31 Å². The molecule has 1 aliphatic rings. The summed E-state index contributed by atoms with van der Waals surface area (Å²) in [4.78, 5) is 0.308. The van der Waals surface area contributed by atoms with Gasteiger partial charge in [0, 0.05) is 26.3 Å². The Kier molecular flexibility index (Phi) is 5.15. The second kappa shape index (κ2) is 6.67. The van der Waals surface area contributed by atoms with Crippen LogP contribution in [-0.4, -0.2) is 50.7 Å². The highest BCUT2D eigenvalue weighted by Crippen LogP contribution is 2.31. The summed E-state index contributed by atoms with van der Waals surface area (Å²) in [7, 11) is -1.88. The lowest BCUT2D eigenvalue weighted by Crippen LogP contribution is -2.35. The Morgan fingerprint density at radius 1 is 1.30 bits per heavy atom. The highest BCUT2D eigenvalue weighted by molar-refractivity contribution is 7.89. The monoisotopic (exact) mass is 299 g/mol. The van der Waals surface area contributed by atoms with Crippen molar-refractivity contribution in [1.82, 2.24) is 4.31 Å². The van der Waals surface area contributed by atoms with Gasteiger partial charge in [-0.05, 0) is 37.0 Å². The predicted octanol–water partition coefficient (Wildman–Crippen LogP) is 1.02. The molecule has 0 spiro atoms. The number of aliphatic hydroxyl groups is 1. The summed E-state index contributed by atoms with van der Waals surface area (Å²) >= 11 is 0. The summed E-state index contributed by atoms with van der Waals surface area (Å²) in [5.41, 5.74) is 0.932. The molecule has 1 aromatic carbocycles. The van der Waals surface area contributed by atoms with Crippen molar-refractivity contribution in [2.75, 3.05) is 26.9 Å². The van der Waals surface area contributed by atoms with Crippen LogP contribution in [0.5, 0.6) is 0 Å². The molecule has 0 saturated heterocycles. The molecule has 5 nitrogen and oxygen atoms in total. The van der Waals surface area contributed by atoms with Gasteiger partial charge in [0.25, 0.3) is 0 Å². The predicted molar refractivity (Wildman–Crippen MR) is 76.0 cm³/mol. The molecular formula is C14H21NO4S. The first-order chi connectivity index (χ1) is 9.59. The van der Waals surface area contributed by atoms with Crippen LogP contribution in [0.15, 0.2) is 29.2 Å². The van der Waals surface area contributed by atoms with E-state index in [4.69, 9.17) is 9.84 Å². The number of rotatable bonds is 8. The highest BCUT2D eigenvalue weighted by atomic mass is 32.2. The van der Waals surface area contributed by atoms with Crippen molar-refractivity contribution in [3.05, 3.63) is 29.8 Å². The van der Waals surface area contributed by atoms with Gasteiger partial charge in [-0.3, -0.25) is 0 Å². The average Bonchev–Trinajstić information content (AvgIpc) is 3.24. The molecule has 6 heteroatoms. The zero-order valence-corrected chi connectivity index (χ0v) is 12.5. The molecule has 1 fully saturated rings. The topological polar surface area (TPSA) is 66.8 Å². The van der Waals surface area contributed by atoms with E-state index in [0.717, 1.165) is 18.4 Å². The molecule has 0 radical (unpaired) electrons. The molecule has 1 aliphatic carbocycles. The van der Waals surface area contributed by atoms with Gasteiger partial charge in [0.2, 0.25) is 10.0 Å². The van der Waals surface area contributed by atoms with Crippen LogP contribution in [0, 0.1) is 0 Å². The van der Waals surface area contributed by atoms with Crippen LogP contribution in [0.3, 0.4) is 0 Å². The van der Waals surface area contributed by atoms with Crippen LogP contribution in [0.4, 0.5) is 0 Å². The summed E-state index contributed by atoms with van der Waals surface area (Å²) in [5, 5.41) is 8.87. The van der Waals surface area contributed by atoms with Crippen LogP contribution in [0.2, 0.25) is 0 Å². The lowest BCUT2D eigenvalue weighted by Gasteiger charge is -2.21. The summed E-state index contributed by atoms with van der Waals surface area (Å²) in [5.74, 6) is 0. The fourth-order valence-corrected chi connectivity index (χ4v) is 3.80. The summed E-state index contributed by atoms with van der Waals surface area (Å²) < 4.78 is 31.8. The summed E-state index contributed by atoms with van der Waals surface area (Å²) in [6.07, 6.45) is 2.38. The maximum atomic E-state index is 12.6. The lowest BCUT2D eigenvalue weighted by molar-refractivity contribution is 0.177. The van der Waals surface area contributed by atoms with Gasteiger partial charge in [0.05, 0.1) is 11.5 Å². The largest absolute Gasteiger partial charge is 0.396 e. The number of hydrogen-bond donors (Lipinski definition) is 1. The quantitative estimate of drug-likeness (QED) is 0.778. The fraction of sp³-hybridized carbons (Fsp3) is 0.571. The van der Waals surface area contributed by atoms with E-state index in [0.29, 0.717) is 24.5 Å². The summed E-state index contributed by atoms with van der Waals surface area (Å²) in [6.45, 7) is 0.856. The van der Waals surface area contributed by atoms with E-state index in [-0.39, 0.29) is 12.6 Å². The van der Waals surface area contributed by atoms with Crippen LogP contribution >= 0.6 is 0 Å². The second-order valence-electron chi connectivity index (χ2n) is 4.96. The molecule has 0 amide bonds. The molecule has 0 atom stereocenters. The number of hydrogen-bond acceptors (Lipinski definition) is 4. The summed E-state index contributed by atoms with van der Waals surface area (Å²) in [6, 6.07) is 6.85. The lowest BCUT2D eigenvalue weighted by atomic mass is 10.2. The third-order valence-corrected chi connectivity index (χ3v) is 5.37. The Hall–Kier alpha value is -0.950. The minimum absolute atomic E-state index is 0.0636. The first-order valence-corrected chi connectivity index (χ1v) is 8.24. The first-order valence-electron chi connectivity index (χ1n) is 6.80. The van der Waals surface area contributed by atoms with Crippen molar-refractivity contribution in [1.29, 1.82) is 0 Å². The number of ether oxygens (including phenoxy) is 1. The van der Waals surface area contributed by atoms with Crippen LogP contribution in [0.25, 0.3) is 0 Å². The molecule has 0 aromatic heterocycles. The highest BCUT2D eigenvalue weighted by Gasteiger charge is 2.37. The van der Waals surface area contributed by atoms with Crippen LogP contribution in [0.1, 0.15) is 18.4 Å². The SMILES string of the molecule is COCCN(C1CC1)S(=O)(=O)c1ccc(CCO)cc1. The van der Waals surface area contributed by atoms with Crippen LogP contribution in [-0.2, 0) is 21.2 Å². The molecular weight excluding hydrogens is 278 g/mol. The standard InChI is InChI=1S/C14H21NO4S/c1-19-11-9-15(13-4-5-13)20(17,18)14-6-2-12(3-7-14)8-10-16/h2-3,6-7,13,16H,4-5,8-11H2,1H3. The number of sulfonamides is 1. The maximum absolute atomic E-state index is 12.6. The molecule has 0 aliphatic heterocycles. The minimum Gasteiger partial charge on any atom is -0.396 e. The van der Waals surface area contributed by atoms with Gasteiger partial charge >= 0.3 is 0 Å². The number of methoxy groups -OCH3 is 1. The second-order valence-corrected chi connectivity index (χ2v) is 6.85. The molecule has 0 unspecified atom stereocenters. The van der Waals surface area contributed by atoms with Crippen molar-refractivity contribution in [2.45, 2.75) is 30.2 Å². The van der Waals surface area contributed by atoms with E-state index in [2.05, 4.69) is 0 Å². The number of aliphatic hydroxyl groups excluding tert-OH is 1. The zero-order chi connectivity index (χ0) is 14.6. The Morgan fingerprint density at radius 3 is 2.45 bits per heavy atom. The molecule has 1 aromatic rings. The van der Waals surface area contributed by atoms with E-state index in [1.54, 1.807) is 31.4 Å². The van der Waals surface area contributed by atoms with Gasteiger partial charge in [-0.2, -0.15) is 4.31 Å². The zero-order valence-electron chi connectivity index (χ0n) is 11.7. The third-order valence-electron chi connectivity index (χ3n) is 3.40. The normalized spacial score (nSPS) is 15.8. The van der Waals surface area contributed by atoms with Crippen LogP contribution < -0.4 is 0 Å². The van der Waals surface area contributed by atoms with Crippen molar-refractivity contribution in [3.63, 3.8) is 0 Å². The Balaban J connectivity index is 2.18. The Bertz CT molecular complexity index is 523. The van der Waals surface area contributed by atoms with Gasteiger partial charge < -0.3 is 9.84 Å². The molecule has 2 rings (SSSR count). The first kappa shape index (κ1) is 15.4. The molecule has 1 N–H and O–H groups in total. The van der Waals surface area contributed by atoms with Gasteiger partial charge in [-0.1, -0.05) is 12.1 Å². The fourth-order valence-electron chi connectivity index (χ4n) is 2.14. The van der Waals surface area contributed by atoms with E-state index in [9.17, 15) is 8.42 Å². The van der Waals surface area contributed by atoms with Crippen molar-refractivity contribution < 1.29 is 18.3 Å². The smallest absolute Gasteiger partial charge is 0.243 e. The molecule has 1 saturated carbocycles. The average molecular weight is 299 g/mol. The Morgan fingerprint density at radius 2 is 1.95 bits per heavy atom. The van der Waals surface area contributed by atoms with E-state index in [1.807, 2.05) is 0 Å². The van der Waals surface area contributed by atoms with Crippen molar-refractivity contribution in [2.24, 2.45) is 0 Å².